The fraction of sp³-hybridized carbons (Fsp3) is 0.182. The van der Waals surface area contributed by atoms with E-state index >= 15 is 0 Å². The van der Waals surface area contributed by atoms with E-state index in [2.05, 4.69) is 19.9 Å². The van der Waals surface area contributed by atoms with Gasteiger partial charge in [0, 0.05) is 17.9 Å². The number of methoxy groups -OCH3 is 1. The van der Waals surface area contributed by atoms with Crippen LogP contribution in [0, 0.1) is 0 Å². The quantitative estimate of drug-likeness (QED) is 0.747. The molecule has 7 heteroatoms. The van der Waals surface area contributed by atoms with Gasteiger partial charge in [0.05, 0.1) is 18.3 Å². The number of fused-ring (bicyclic) bond motifs is 1. The first kappa shape index (κ1) is 11.0. The maximum Gasteiger partial charge on any atom is 0.215 e. The van der Waals surface area contributed by atoms with E-state index in [0.29, 0.717) is 23.1 Å². The van der Waals surface area contributed by atoms with Crippen molar-refractivity contribution in [3.05, 3.63) is 29.0 Å². The molecule has 0 fully saturated rings. The molecule has 0 aromatic carbocycles. The normalized spacial score (nSPS) is 10.9. The lowest BCUT2D eigenvalue weighted by atomic mass is 10.3. The van der Waals surface area contributed by atoms with Crippen LogP contribution in [0.1, 0.15) is 11.5 Å². The Balaban J connectivity index is 1.93. The second-order valence-corrected chi connectivity index (χ2v) is 4.65. The minimum Gasteiger partial charge on any atom is -0.481 e. The van der Waals surface area contributed by atoms with E-state index in [1.165, 1.54) is 11.3 Å². The van der Waals surface area contributed by atoms with Gasteiger partial charge in [-0.15, -0.1) is 11.3 Å². The third-order valence-corrected chi connectivity index (χ3v) is 3.22. The maximum atomic E-state index is 5.59. The number of H-pyrrole nitrogens is 1. The molecule has 3 N–H and O–H groups in total. The molecule has 0 atom stereocenters. The number of aromatic nitrogens is 4. The molecule has 0 aliphatic heterocycles. The highest BCUT2D eigenvalue weighted by molar-refractivity contribution is 7.13. The average Bonchev–Trinajstić information content (AvgIpc) is 2.94. The summed E-state index contributed by atoms with van der Waals surface area (Å²) >= 11 is 1.43. The van der Waals surface area contributed by atoms with Gasteiger partial charge in [0.1, 0.15) is 5.82 Å². The lowest BCUT2D eigenvalue weighted by Crippen LogP contribution is -1.92. The molecule has 18 heavy (non-hydrogen) atoms. The van der Waals surface area contributed by atoms with Gasteiger partial charge in [0.25, 0.3) is 0 Å². The molecule has 0 saturated heterocycles. The largest absolute Gasteiger partial charge is 0.481 e. The second kappa shape index (κ2) is 4.26. The number of hydrogen-bond acceptors (Lipinski definition) is 6. The van der Waals surface area contributed by atoms with Crippen LogP contribution in [0.2, 0.25) is 0 Å². The summed E-state index contributed by atoms with van der Waals surface area (Å²) < 4.78 is 5.06. The molecular formula is C11H11N5OS. The van der Waals surface area contributed by atoms with Gasteiger partial charge in [-0.1, -0.05) is 0 Å². The number of hydrogen-bond donors (Lipinski definition) is 2. The van der Waals surface area contributed by atoms with Crippen molar-refractivity contribution in [3.63, 3.8) is 0 Å². The highest BCUT2D eigenvalue weighted by Gasteiger charge is 2.08. The summed E-state index contributed by atoms with van der Waals surface area (Å²) in [4.78, 5) is 16.1. The molecule has 6 nitrogen and oxygen atoms in total. The summed E-state index contributed by atoms with van der Waals surface area (Å²) in [6.45, 7) is 0. The van der Waals surface area contributed by atoms with E-state index in [9.17, 15) is 0 Å². The summed E-state index contributed by atoms with van der Waals surface area (Å²) in [5.74, 6) is 1.37. The molecule has 0 aliphatic rings. The predicted octanol–water partition coefficient (Wildman–Crippen LogP) is 1.60. The van der Waals surface area contributed by atoms with Crippen LogP contribution in [-0.2, 0) is 6.42 Å². The third-order valence-electron chi connectivity index (χ3n) is 2.50. The Hall–Kier alpha value is -2.15. The van der Waals surface area contributed by atoms with E-state index in [0.717, 1.165) is 17.0 Å². The number of nitrogens with two attached hydrogens (primary N) is 1. The Morgan fingerprint density at radius 3 is 2.94 bits per heavy atom. The number of nitrogens with one attached hydrogen (secondary N) is 1. The minimum atomic E-state index is 0.554. The SMILES string of the molecule is COc1ccc2[nH]c(Cc3csc(N)n3)nc2n1. The van der Waals surface area contributed by atoms with E-state index < -0.39 is 0 Å². The summed E-state index contributed by atoms with van der Waals surface area (Å²) in [6, 6.07) is 3.69. The lowest BCUT2D eigenvalue weighted by molar-refractivity contribution is 0.399. The number of pyridine rings is 1. The first-order chi connectivity index (χ1) is 8.74. The maximum absolute atomic E-state index is 5.59. The third kappa shape index (κ3) is 2.00. The van der Waals surface area contributed by atoms with Gasteiger partial charge in [0.15, 0.2) is 10.8 Å². The van der Waals surface area contributed by atoms with Crippen LogP contribution in [0.15, 0.2) is 17.5 Å². The van der Waals surface area contributed by atoms with Crippen LogP contribution < -0.4 is 10.5 Å². The molecule has 0 spiro atoms. The van der Waals surface area contributed by atoms with Gasteiger partial charge in [-0.2, -0.15) is 4.98 Å². The Morgan fingerprint density at radius 1 is 1.33 bits per heavy atom. The highest BCUT2D eigenvalue weighted by atomic mass is 32.1. The molecule has 3 rings (SSSR count). The molecule has 0 radical (unpaired) electrons. The van der Waals surface area contributed by atoms with Crippen molar-refractivity contribution < 1.29 is 4.74 Å². The Kier molecular flexibility index (Phi) is 2.60. The van der Waals surface area contributed by atoms with E-state index in [1.54, 1.807) is 13.2 Å². The lowest BCUT2D eigenvalue weighted by Gasteiger charge is -1.95. The number of anilines is 1. The second-order valence-electron chi connectivity index (χ2n) is 3.76. The molecule has 0 bridgehead atoms. The van der Waals surface area contributed by atoms with Gasteiger partial charge < -0.3 is 15.5 Å². The zero-order valence-electron chi connectivity index (χ0n) is 9.67. The van der Waals surface area contributed by atoms with E-state index in [1.807, 2.05) is 11.4 Å². The van der Waals surface area contributed by atoms with Gasteiger partial charge in [-0.25, -0.2) is 9.97 Å². The molecule has 3 aromatic heterocycles. The van der Waals surface area contributed by atoms with Crippen molar-refractivity contribution in [3.8, 4) is 5.88 Å². The molecule has 0 unspecified atom stereocenters. The fourth-order valence-electron chi connectivity index (χ4n) is 1.70. The van der Waals surface area contributed by atoms with Crippen LogP contribution in [-0.4, -0.2) is 27.0 Å². The smallest absolute Gasteiger partial charge is 0.215 e. The van der Waals surface area contributed by atoms with Gasteiger partial charge >= 0.3 is 0 Å². The van der Waals surface area contributed by atoms with E-state index in [-0.39, 0.29) is 0 Å². The van der Waals surface area contributed by atoms with E-state index in [4.69, 9.17) is 10.5 Å². The first-order valence-corrected chi connectivity index (χ1v) is 6.22. The summed E-state index contributed by atoms with van der Waals surface area (Å²) in [5, 5.41) is 2.50. The van der Waals surface area contributed by atoms with Crippen molar-refractivity contribution in [2.45, 2.75) is 6.42 Å². The Morgan fingerprint density at radius 2 is 2.22 bits per heavy atom. The van der Waals surface area contributed by atoms with Crippen LogP contribution in [0.3, 0.4) is 0 Å². The summed E-state index contributed by atoms with van der Waals surface area (Å²) in [6.07, 6.45) is 0.617. The van der Waals surface area contributed by atoms with Gasteiger partial charge in [-0.3, -0.25) is 0 Å². The number of ether oxygens (including phenoxy) is 1. The Bertz CT molecular complexity index is 690. The number of rotatable bonds is 3. The Labute approximate surface area is 107 Å². The fourth-order valence-corrected chi connectivity index (χ4v) is 2.26. The number of nitrogens with zero attached hydrogens (tertiary/aromatic N) is 3. The summed E-state index contributed by atoms with van der Waals surface area (Å²) in [7, 11) is 1.58. The van der Waals surface area contributed by atoms with Crippen LogP contribution >= 0.6 is 11.3 Å². The molecule has 3 aromatic rings. The highest BCUT2D eigenvalue weighted by Crippen LogP contribution is 2.17. The zero-order chi connectivity index (χ0) is 12.5. The topological polar surface area (TPSA) is 89.7 Å². The van der Waals surface area contributed by atoms with Crippen molar-refractivity contribution in [2.75, 3.05) is 12.8 Å². The van der Waals surface area contributed by atoms with Crippen molar-refractivity contribution in [2.24, 2.45) is 0 Å². The zero-order valence-corrected chi connectivity index (χ0v) is 10.5. The van der Waals surface area contributed by atoms with Crippen LogP contribution in [0.4, 0.5) is 5.13 Å². The monoisotopic (exact) mass is 261 g/mol. The predicted molar refractivity (Wildman–Crippen MR) is 69.8 cm³/mol. The number of nitrogen functional groups attached to an aromatic ring is 1. The van der Waals surface area contributed by atoms with Crippen molar-refractivity contribution in [1.82, 2.24) is 19.9 Å². The molecule has 0 amide bonds. The molecule has 3 heterocycles. The number of imidazole rings is 1. The summed E-state index contributed by atoms with van der Waals surface area (Å²) in [5.41, 5.74) is 8.03. The minimum absolute atomic E-state index is 0.554. The van der Waals surface area contributed by atoms with Crippen LogP contribution in [0.25, 0.3) is 11.2 Å². The van der Waals surface area contributed by atoms with Crippen LogP contribution in [0.5, 0.6) is 5.88 Å². The molecule has 0 aliphatic carbocycles. The molecule has 92 valence electrons. The van der Waals surface area contributed by atoms with Crippen molar-refractivity contribution in [1.29, 1.82) is 0 Å². The number of aromatic amines is 1. The van der Waals surface area contributed by atoms with Gasteiger partial charge in [-0.05, 0) is 6.07 Å². The molecule has 0 saturated carbocycles. The van der Waals surface area contributed by atoms with Gasteiger partial charge in [0.2, 0.25) is 5.88 Å². The average molecular weight is 261 g/mol. The molecular weight excluding hydrogens is 250 g/mol. The number of thiazole rings is 1. The van der Waals surface area contributed by atoms with Crippen molar-refractivity contribution >= 4 is 27.6 Å². The standard InChI is InChI=1S/C11H11N5OS/c1-17-9-3-2-7-10(16-9)15-8(14-7)4-6-5-18-11(12)13-6/h2-3,5H,4H2,1H3,(H2,12,13)(H,14,15,16). The first-order valence-electron chi connectivity index (χ1n) is 5.34.